The van der Waals surface area contributed by atoms with Crippen molar-refractivity contribution in [3.63, 3.8) is 0 Å². The van der Waals surface area contributed by atoms with E-state index in [1.807, 2.05) is 182 Å². The van der Waals surface area contributed by atoms with Crippen molar-refractivity contribution in [3.8, 4) is 44.5 Å². The van der Waals surface area contributed by atoms with E-state index in [-0.39, 0.29) is 45.8 Å². The Balaban J connectivity index is 0.000000200. The Morgan fingerprint density at radius 1 is 0.495 bits per heavy atom. The average molecular weight is 1710 g/mol. The van der Waals surface area contributed by atoms with E-state index in [1.165, 1.54) is 39.6 Å². The van der Waals surface area contributed by atoms with Gasteiger partial charge in [0, 0.05) is 18.8 Å². The molecule has 0 aliphatic carbocycles. The highest BCUT2D eigenvalue weighted by atomic mass is 32.2. The molecular weight excluding hydrogens is 1630 g/mol. The Kier molecular flexibility index (Phi) is 29.8. The van der Waals surface area contributed by atoms with Crippen LogP contribution in [-0.4, -0.2) is 143 Å². The first-order valence-corrected chi connectivity index (χ1v) is 44.7. The molecule has 12 N–H and O–H groups in total. The molecule has 8 aromatic carbocycles. The van der Waals surface area contributed by atoms with Crippen molar-refractivity contribution in [3.05, 3.63) is 226 Å². The second-order valence-corrected chi connectivity index (χ2v) is 37.3. The number of sulfone groups is 3. The van der Waals surface area contributed by atoms with Crippen LogP contribution in [0, 0.1) is 0 Å². The zero-order chi connectivity index (χ0) is 83.9. The molecule has 13 aromatic rings. The molecule has 3 atom stereocenters. The summed E-state index contributed by atoms with van der Waals surface area (Å²) >= 11 is 5.13. The van der Waals surface area contributed by atoms with Gasteiger partial charge in [-0.3, -0.25) is 36.3 Å². The van der Waals surface area contributed by atoms with Crippen LogP contribution in [0.4, 0.5) is 0 Å². The molecule has 13 rings (SSSR count). The lowest BCUT2D eigenvalue weighted by molar-refractivity contribution is -0.143. The van der Waals surface area contributed by atoms with E-state index in [0.29, 0.717) is 23.2 Å². The van der Waals surface area contributed by atoms with Crippen LogP contribution in [0.3, 0.4) is 0 Å². The third-order valence-electron chi connectivity index (χ3n) is 14.9. The first kappa shape index (κ1) is 83.8. The molecule has 0 aliphatic rings. The standard InChI is InChI=1S/C18H16N4O5S3.C18H17NO4S2.C17H15NO2S.C16H15N3O3S2.C2H5NO4S.H4N2.H3P/c1-29(23,24)16(17-22-21-15(27-17)10-30(19,25)26)18-20-13-8-7-12(9-14(13)28-18)11-5-3-2-4-6-11;1-3-23-18(20)16(25(2,21)22)17-19-14-10-9-13(11-15(14)24-17)12-7-5-4-6-8-12;1-2-20-17(19)11-16-18-14-9-8-13(10-15(14)21-16)12-6-4-3-5-7-12;1-24(21,22)14(15(20)19-17)16-18-12-8-7-11(9-13(12)23-16)10-5-3-2-4-6-10;3-8(6,7)1-2(4)5;1-2;/h2-9,16H,10H2,1H3,(H2,19,25,26);4-11,16H,3H2,1-2H3;3-10H,2,11H2,1H3;2-9,14H,17H2,1H3,(H,19,20);1H2,(H,4,5)(H2,3,6,7);1-2H2;1H3/i;;;;;;1T3. The fraction of sp³-hybridized carbons (Fsp3) is 0.183. The van der Waals surface area contributed by atoms with Gasteiger partial charge in [0.15, 0.2) is 45.8 Å². The van der Waals surface area contributed by atoms with Gasteiger partial charge in [-0.25, -0.2) is 78.1 Å². The lowest BCUT2D eigenvalue weighted by atomic mass is 10.1. The number of benzene rings is 8. The summed E-state index contributed by atoms with van der Waals surface area (Å²) in [5.74, 6) is 7.65. The monoisotopic (exact) mass is 1710 g/mol. The van der Waals surface area contributed by atoms with E-state index >= 15 is 0 Å². The minimum atomic E-state index is -3.90. The number of carboxylic acid groups (broad SMARTS) is 1. The Morgan fingerprint density at radius 2 is 0.856 bits per heavy atom. The number of aliphatic carboxylic acids is 1. The number of nitrogens with one attached hydrogen (secondary N) is 1. The van der Waals surface area contributed by atoms with Crippen molar-refractivity contribution in [2.45, 2.75) is 41.8 Å². The lowest BCUT2D eigenvalue weighted by Crippen LogP contribution is -2.37. The van der Waals surface area contributed by atoms with E-state index in [0.717, 1.165) is 87.0 Å². The van der Waals surface area contributed by atoms with Gasteiger partial charge >= 0.3 is 17.9 Å². The van der Waals surface area contributed by atoms with Crippen molar-refractivity contribution in [2.24, 2.45) is 27.8 Å². The van der Waals surface area contributed by atoms with Gasteiger partial charge in [-0.2, -0.15) is 9.73 Å². The maximum Gasteiger partial charge on any atom is 0.331 e. The van der Waals surface area contributed by atoms with Crippen molar-refractivity contribution < 1.29 is 80.3 Å². The quantitative estimate of drug-likeness (QED) is 0.0116. The minimum Gasteiger partial charge on any atom is -0.480 e. The summed E-state index contributed by atoms with van der Waals surface area (Å²) in [4.78, 5) is 62.7. The van der Waals surface area contributed by atoms with Gasteiger partial charge in [-0.1, -0.05) is 146 Å². The van der Waals surface area contributed by atoms with Gasteiger partial charge in [0.25, 0.3) is 5.91 Å². The molecule has 0 spiro atoms. The van der Waals surface area contributed by atoms with Crippen LogP contribution < -0.4 is 33.2 Å². The van der Waals surface area contributed by atoms with Crippen LogP contribution in [0.1, 0.15) is 61.4 Å². The number of fused-ring (bicyclic) bond motifs is 4. The molecule has 40 heteroatoms. The molecule has 0 fully saturated rings. The summed E-state index contributed by atoms with van der Waals surface area (Å²) in [7, 11) is -20.7. The number of ether oxygens (including phenoxy) is 2. The van der Waals surface area contributed by atoms with Gasteiger partial charge in [0.05, 0.1) is 64.3 Å². The number of aromatic nitrogens is 6. The Morgan fingerprint density at radius 3 is 1.19 bits per heavy atom. The first-order valence-electron chi connectivity index (χ1n) is 33.5. The molecule has 0 aliphatic heterocycles. The maximum atomic E-state index is 12.5. The molecule has 5 heterocycles. The van der Waals surface area contributed by atoms with Crippen molar-refractivity contribution in [1.82, 2.24) is 35.6 Å². The zero-order valence-corrected chi connectivity index (χ0v) is 67.6. The van der Waals surface area contributed by atoms with E-state index in [9.17, 15) is 61.3 Å². The number of esters is 2. The number of hydrogen-bond acceptors (Lipinski definition) is 30. The Hall–Kier alpha value is -9.68. The Labute approximate surface area is 661 Å². The van der Waals surface area contributed by atoms with Crippen LogP contribution >= 0.6 is 55.1 Å². The highest BCUT2D eigenvalue weighted by Gasteiger charge is 2.37. The van der Waals surface area contributed by atoms with E-state index in [2.05, 4.69) is 71.2 Å². The largest absolute Gasteiger partial charge is 0.480 e. The zero-order valence-electron chi connectivity index (χ0n) is 62.3. The number of primary sulfonamides is 2. The molecule has 0 bridgehead atoms. The third kappa shape index (κ3) is 25.4. The minimum absolute atomic E-state index is 0.119. The third-order valence-corrected chi connectivity index (χ3v) is 24.7. The number of amides is 1. The molecule has 586 valence electrons. The Bertz CT molecular complexity index is 6080. The first-order chi connectivity index (χ1) is 53.8. The highest BCUT2D eigenvalue weighted by molar-refractivity contribution is 7.92. The van der Waals surface area contributed by atoms with E-state index < -0.39 is 104 Å². The van der Waals surface area contributed by atoms with Crippen molar-refractivity contribution in [2.75, 3.05) is 37.7 Å². The van der Waals surface area contributed by atoms with Gasteiger partial charge in [-0.05, 0) is 107 Å². The van der Waals surface area contributed by atoms with Crippen LogP contribution in [0.25, 0.3) is 85.4 Å². The summed E-state index contributed by atoms with van der Waals surface area (Å²) in [6, 6.07) is 62.9. The summed E-state index contributed by atoms with van der Waals surface area (Å²) in [6.07, 6.45) is 3.29. The average Bonchev–Trinajstić information content (AvgIpc) is 1.66. The highest BCUT2D eigenvalue weighted by Crippen LogP contribution is 2.39. The van der Waals surface area contributed by atoms with Crippen molar-refractivity contribution in [1.29, 1.82) is 3.84 Å². The molecule has 3 unspecified atom stereocenters. The number of carboxylic acids is 1. The SMILES string of the molecule is CCOC(=O)C(c1nc2ccc(-c3ccccc3)cc2s1)S(C)(=O)=O.CCOC(=O)Cc1nc2ccc(-c3ccccc3)cc2s1.CS(=O)(=O)C(C(=O)NN)c1nc2ccc(-c3ccccc3)cc2s1.CS(=O)(=O)C(c1nnc(CS(N)(=O)=O)o1)c1nc2ccc(-c3ccccc3)cc2s1.NN.NS(=O)(=O)CC(=O)O.[3H]P([3H])[3H]. The van der Waals surface area contributed by atoms with Gasteiger partial charge < -0.3 is 19.0 Å². The maximum absolute atomic E-state index is 12.5. The fourth-order valence-corrected chi connectivity index (χ4v) is 19.6. The van der Waals surface area contributed by atoms with Gasteiger partial charge in [0.1, 0.15) is 25.8 Å². The summed E-state index contributed by atoms with van der Waals surface area (Å²) in [6.45, 7) is 3.97. The molecule has 0 radical (unpaired) electrons. The molecule has 0 saturated carbocycles. The topological polar surface area (TPSA) is 510 Å². The van der Waals surface area contributed by atoms with E-state index in [1.54, 1.807) is 18.3 Å². The van der Waals surface area contributed by atoms with Crippen LogP contribution in [0.2, 0.25) is 0 Å². The lowest BCUT2D eigenvalue weighted by Gasteiger charge is -2.10. The van der Waals surface area contributed by atoms with Crippen LogP contribution in [-0.2, 0) is 90.4 Å². The number of carbonyl (C=O) groups excluding carboxylic acids is 3. The molecule has 5 aromatic heterocycles. The molecule has 1 amide bonds. The number of nitrogens with two attached hydrogens (primary N) is 5. The van der Waals surface area contributed by atoms with Crippen molar-refractivity contribution >= 4 is 169 Å². The predicted molar refractivity (Wildman–Crippen MR) is 438 cm³/mol. The fourth-order valence-electron chi connectivity index (χ4n) is 10.3. The smallest absolute Gasteiger partial charge is 0.331 e. The number of rotatable bonds is 21. The van der Waals surface area contributed by atoms with Crippen LogP contribution in [0.5, 0.6) is 0 Å². The molecular formula is C71H75N12O18PS9. The van der Waals surface area contributed by atoms with E-state index in [4.69, 9.17) is 33.8 Å². The predicted octanol–water partition coefficient (Wildman–Crippen LogP) is 9.23. The number of nitrogens with zero attached hydrogens (tertiary/aromatic N) is 6. The van der Waals surface area contributed by atoms with Gasteiger partial charge in [0.2, 0.25) is 37.1 Å². The number of thiazole rings is 4. The number of hydrazine groups is 2. The molecule has 30 nitrogen and oxygen atoms in total. The number of sulfonamides is 2. The number of hydrogen-bond donors (Lipinski definition) is 7. The summed E-state index contributed by atoms with van der Waals surface area (Å²) in [5, 5.41) is 21.8. The molecule has 0 saturated heterocycles. The normalized spacial score (nSPS) is 12.6. The second-order valence-electron chi connectivity index (χ2n) is 23.4. The molecule has 111 heavy (non-hydrogen) atoms. The van der Waals surface area contributed by atoms with Gasteiger partial charge in [-0.15, -0.1) is 55.5 Å². The van der Waals surface area contributed by atoms with Crippen LogP contribution in [0.15, 0.2) is 199 Å². The summed E-state index contributed by atoms with van der Waals surface area (Å²) < 4.78 is 152. The summed E-state index contributed by atoms with van der Waals surface area (Å²) in [5.41, 5.74) is 13.2. The number of carbonyl (C=O) groups is 4. The second kappa shape index (κ2) is 39.5.